The average molecular weight is 852 g/mol. The van der Waals surface area contributed by atoms with Gasteiger partial charge in [-0.2, -0.15) is 0 Å². The predicted octanol–water partition coefficient (Wildman–Crippen LogP) is 6.84. The van der Waals surface area contributed by atoms with Crippen LogP contribution in [0.5, 0.6) is 11.5 Å². The molecule has 13 nitrogen and oxygen atoms in total. The molecule has 1 amide bonds. The molecule has 2 unspecified atom stereocenters. The Labute approximate surface area is 366 Å². The van der Waals surface area contributed by atoms with Crippen LogP contribution in [-0.4, -0.2) is 84.6 Å². The Balaban J connectivity index is 0.775. The first-order chi connectivity index (χ1) is 30.7. The minimum atomic E-state index is -0.851. The minimum absolute atomic E-state index is 0.0498. The minimum Gasteiger partial charge on any atom is -0.506 e. The molecule has 4 heterocycles. The number of aliphatic hydroxyl groups excluding tert-OH is 1. The third-order valence-corrected chi connectivity index (χ3v) is 12.0. The quantitative estimate of drug-likeness (QED) is 0.0611. The molecule has 6 aromatic rings. The molecule has 0 radical (unpaired) electrons. The lowest BCUT2D eigenvalue weighted by molar-refractivity contribution is -0.0336. The molecule has 3 aliphatic rings. The highest BCUT2D eigenvalue weighted by Crippen LogP contribution is 2.32. The van der Waals surface area contributed by atoms with Gasteiger partial charge in [0.2, 0.25) is 5.56 Å². The lowest BCUT2D eigenvalue weighted by atomic mass is 9.86. The van der Waals surface area contributed by atoms with E-state index in [1.165, 1.54) is 12.1 Å². The van der Waals surface area contributed by atoms with Crippen molar-refractivity contribution in [3.8, 4) is 11.5 Å². The molecule has 13 heteroatoms. The Morgan fingerprint density at radius 2 is 1.62 bits per heavy atom. The van der Waals surface area contributed by atoms with Crippen molar-refractivity contribution >= 4 is 28.7 Å². The van der Waals surface area contributed by atoms with Crippen LogP contribution in [-0.2, 0) is 22.6 Å². The molecule has 3 aliphatic heterocycles. The van der Waals surface area contributed by atoms with Gasteiger partial charge >= 0.3 is 12.1 Å². The predicted molar refractivity (Wildman–Crippen MR) is 241 cm³/mol. The first-order valence-corrected chi connectivity index (χ1v) is 21.4. The molecule has 0 spiro atoms. The second kappa shape index (κ2) is 20.0. The number of nitrogens with zero attached hydrogens (tertiary/aromatic N) is 2. The van der Waals surface area contributed by atoms with Crippen molar-refractivity contribution < 1.29 is 34.0 Å². The van der Waals surface area contributed by atoms with Gasteiger partial charge in [0.15, 0.2) is 0 Å². The average Bonchev–Trinajstić information content (AvgIpc) is 3.31. The number of hydrogen-bond acceptors (Lipinski definition) is 11. The molecule has 0 aliphatic carbocycles. The number of H-pyrrole nitrogens is 1. The molecule has 3 fully saturated rings. The number of phenolic OH excluding ortho intramolecular Hbond substituents is 1. The zero-order valence-corrected chi connectivity index (χ0v) is 35.2. The Bertz CT molecular complexity index is 2540. The summed E-state index contributed by atoms with van der Waals surface area (Å²) < 4.78 is 17.8. The number of amides is 1. The third-order valence-electron chi connectivity index (χ3n) is 12.0. The van der Waals surface area contributed by atoms with E-state index in [0.717, 1.165) is 60.4 Å². The van der Waals surface area contributed by atoms with Crippen molar-refractivity contribution in [3.05, 3.63) is 171 Å². The van der Waals surface area contributed by atoms with Gasteiger partial charge in [-0.1, -0.05) is 72.8 Å². The van der Waals surface area contributed by atoms with E-state index in [2.05, 4.69) is 20.5 Å². The monoisotopic (exact) mass is 851 g/mol. The highest BCUT2D eigenvalue weighted by Gasteiger charge is 2.37. The van der Waals surface area contributed by atoms with E-state index < -0.39 is 24.2 Å². The molecule has 3 saturated heterocycles. The Morgan fingerprint density at radius 3 is 2.37 bits per heavy atom. The van der Waals surface area contributed by atoms with E-state index in [1.807, 2.05) is 103 Å². The summed E-state index contributed by atoms with van der Waals surface area (Å²) in [5.41, 5.74) is 5.70. The zero-order valence-electron chi connectivity index (χ0n) is 35.2. The molecule has 63 heavy (non-hydrogen) atoms. The van der Waals surface area contributed by atoms with Gasteiger partial charge in [0.1, 0.15) is 30.8 Å². The Kier molecular flexibility index (Phi) is 13.7. The number of likely N-dealkylation sites (N-methyl/N-ethyl adjacent to an activating group) is 1. The van der Waals surface area contributed by atoms with Gasteiger partial charge in [-0.25, -0.2) is 9.59 Å². The van der Waals surface area contributed by atoms with E-state index in [-0.39, 0.29) is 37.2 Å². The van der Waals surface area contributed by atoms with Crippen LogP contribution in [0.3, 0.4) is 0 Å². The lowest BCUT2D eigenvalue weighted by Crippen LogP contribution is -2.52. The summed E-state index contributed by atoms with van der Waals surface area (Å²) in [5.74, 6) is 0.607. The fourth-order valence-electron chi connectivity index (χ4n) is 8.39. The number of aromatic amines is 1. The van der Waals surface area contributed by atoms with Crippen LogP contribution in [0, 0.1) is 5.92 Å². The molecule has 3 atom stereocenters. The number of carbonyl (C=O) groups excluding carboxylic acids is 2. The maximum atomic E-state index is 13.2. The Hall–Kier alpha value is -6.67. The van der Waals surface area contributed by atoms with E-state index in [9.17, 15) is 24.6 Å². The number of anilines is 1. The number of aromatic nitrogens is 1. The smallest absolute Gasteiger partial charge is 0.408 e. The van der Waals surface area contributed by atoms with Gasteiger partial charge < -0.3 is 44.9 Å². The van der Waals surface area contributed by atoms with Crippen molar-refractivity contribution in [2.75, 3.05) is 51.3 Å². The van der Waals surface area contributed by atoms with Crippen LogP contribution >= 0.6 is 0 Å². The summed E-state index contributed by atoms with van der Waals surface area (Å²) in [7, 11) is 1.93. The number of piperidine rings is 3. The maximum Gasteiger partial charge on any atom is 0.408 e. The second-order valence-corrected chi connectivity index (χ2v) is 16.3. The van der Waals surface area contributed by atoms with Gasteiger partial charge in [-0.05, 0) is 108 Å². The van der Waals surface area contributed by atoms with Gasteiger partial charge in [-0.3, -0.25) is 9.69 Å². The summed E-state index contributed by atoms with van der Waals surface area (Å²) in [5, 5.41) is 28.0. The van der Waals surface area contributed by atoms with Crippen LogP contribution in [0.2, 0.25) is 0 Å². The maximum absolute atomic E-state index is 13.2. The molecule has 9 rings (SSSR count). The van der Waals surface area contributed by atoms with Crippen LogP contribution in [0.1, 0.15) is 63.2 Å². The molecular formula is C50H53N5O8. The molecule has 5 N–H and O–H groups in total. The van der Waals surface area contributed by atoms with Crippen molar-refractivity contribution in [2.24, 2.45) is 5.92 Å². The standard InChI is InChI=1S/C50H53N5O8/c1-54(39-16-12-33(13-17-39)29-51-30-44(57)41-18-20-43(56)48-42(41)19-21-46(58)52-48)26-27-61-49(59)37-14-10-34(11-15-37)32-62-40-9-5-8-38(28-40)47(36-6-3-2-4-7-36)53-50(60)63-45-31-55-24-22-35(45)23-25-55/h2-21,28,35,44-45,47,51,56-57H,22-27,29-32H2,1H3,(H,52,58)(H,53,60)/t44?,45?,47-/m0/s1. The SMILES string of the molecule is CN(CCOC(=O)c1ccc(COc2cccc([C@@H](NC(=O)OC3CN4CCC3CC4)c3ccccc3)c2)cc1)c1ccc(CNCC(O)c2ccc(O)c3[nH]c(=O)ccc23)cc1. The van der Waals surface area contributed by atoms with Crippen molar-refractivity contribution in [2.45, 2.75) is 44.2 Å². The summed E-state index contributed by atoms with van der Waals surface area (Å²) in [6, 6.07) is 38.3. The van der Waals surface area contributed by atoms with Crippen molar-refractivity contribution in [3.63, 3.8) is 0 Å². The van der Waals surface area contributed by atoms with Crippen molar-refractivity contribution in [1.29, 1.82) is 0 Å². The molecule has 2 bridgehead atoms. The first kappa shape index (κ1) is 43.0. The number of alkyl carbamates (subject to hydrolysis) is 1. The van der Waals surface area contributed by atoms with Crippen molar-refractivity contribution in [1.82, 2.24) is 20.5 Å². The zero-order chi connectivity index (χ0) is 43.7. The fraction of sp³-hybridized carbons (Fsp3) is 0.300. The van der Waals surface area contributed by atoms with Gasteiger partial charge in [0.25, 0.3) is 0 Å². The van der Waals surface area contributed by atoms with Crippen LogP contribution < -0.4 is 25.8 Å². The summed E-state index contributed by atoms with van der Waals surface area (Å²) in [6.45, 7) is 4.72. The normalized spacial score (nSPS) is 17.7. The topological polar surface area (TPSA) is 166 Å². The number of carbonyl (C=O) groups is 2. The summed E-state index contributed by atoms with van der Waals surface area (Å²) >= 11 is 0. The molecule has 1 aromatic heterocycles. The number of pyridine rings is 1. The number of rotatable bonds is 17. The van der Waals surface area contributed by atoms with Crippen LogP contribution in [0.25, 0.3) is 10.9 Å². The largest absolute Gasteiger partial charge is 0.506 e. The summed E-state index contributed by atoms with van der Waals surface area (Å²) in [4.78, 5) is 44.9. The lowest BCUT2D eigenvalue weighted by Gasteiger charge is -2.43. The number of phenols is 1. The van der Waals surface area contributed by atoms with E-state index in [4.69, 9.17) is 14.2 Å². The number of fused-ring (bicyclic) bond motifs is 4. The van der Waals surface area contributed by atoms with Gasteiger partial charge in [-0.15, -0.1) is 0 Å². The number of ether oxygens (including phenoxy) is 3. The number of aromatic hydroxyl groups is 1. The first-order valence-electron chi connectivity index (χ1n) is 21.4. The number of esters is 1. The Morgan fingerprint density at radius 1 is 0.873 bits per heavy atom. The number of nitrogens with one attached hydrogen (secondary N) is 3. The number of benzene rings is 5. The van der Waals surface area contributed by atoms with Crippen LogP contribution in [0.4, 0.5) is 10.5 Å². The molecular weight excluding hydrogens is 799 g/mol. The highest BCUT2D eigenvalue weighted by molar-refractivity contribution is 5.89. The van der Waals surface area contributed by atoms with Crippen LogP contribution in [0.15, 0.2) is 132 Å². The third kappa shape index (κ3) is 10.9. The highest BCUT2D eigenvalue weighted by atomic mass is 16.6. The van der Waals surface area contributed by atoms with E-state index >= 15 is 0 Å². The van der Waals surface area contributed by atoms with E-state index in [1.54, 1.807) is 24.3 Å². The summed E-state index contributed by atoms with van der Waals surface area (Å²) in [6.07, 6.45) is 0.768. The second-order valence-electron chi connectivity index (χ2n) is 16.3. The molecule has 0 saturated carbocycles. The molecule has 5 aromatic carbocycles. The number of aliphatic hydroxyl groups is 1. The van der Waals surface area contributed by atoms with Gasteiger partial charge in [0.05, 0.1) is 29.8 Å². The number of hydrogen-bond donors (Lipinski definition) is 5. The van der Waals surface area contributed by atoms with Gasteiger partial charge in [0, 0.05) is 43.8 Å². The molecule has 326 valence electrons. The van der Waals surface area contributed by atoms with E-state index in [0.29, 0.717) is 46.8 Å². The fourth-order valence-corrected chi connectivity index (χ4v) is 8.39.